The molecule has 3 atom stereocenters. The van der Waals surface area contributed by atoms with Gasteiger partial charge in [-0.05, 0) is 37.5 Å². The third kappa shape index (κ3) is 3.72. The molecule has 0 radical (unpaired) electrons. The second-order valence-corrected chi connectivity index (χ2v) is 5.84. The smallest absolute Gasteiger partial charge is 0.222 e. The van der Waals surface area contributed by atoms with E-state index < -0.39 is 0 Å². The molecule has 0 spiro atoms. The third-order valence-electron chi connectivity index (χ3n) is 4.13. The van der Waals surface area contributed by atoms with Gasteiger partial charge in [-0.3, -0.25) is 4.79 Å². The number of amides is 1. The monoisotopic (exact) mass is 254 g/mol. The zero-order valence-electron chi connectivity index (χ0n) is 11.9. The summed E-state index contributed by atoms with van der Waals surface area (Å²) in [6, 6.07) is 0. The Morgan fingerprint density at radius 3 is 2.61 bits per heavy atom. The molecular weight excluding hydrogens is 228 g/mol. The van der Waals surface area contributed by atoms with Crippen LogP contribution >= 0.6 is 0 Å². The first-order chi connectivity index (χ1) is 8.49. The molecule has 1 aliphatic carbocycles. The predicted molar refractivity (Wildman–Crippen MR) is 72.7 cm³/mol. The summed E-state index contributed by atoms with van der Waals surface area (Å²) < 4.78 is 0. The fourth-order valence-electron chi connectivity index (χ4n) is 3.02. The second kappa shape index (κ2) is 6.76. The van der Waals surface area contributed by atoms with Crippen molar-refractivity contribution in [3.63, 3.8) is 0 Å². The first kappa shape index (κ1) is 15.0. The van der Waals surface area contributed by atoms with Gasteiger partial charge in [-0.25, -0.2) is 0 Å². The molecule has 0 aliphatic heterocycles. The molecule has 18 heavy (non-hydrogen) atoms. The van der Waals surface area contributed by atoms with Crippen molar-refractivity contribution in [1.29, 1.82) is 0 Å². The van der Waals surface area contributed by atoms with Gasteiger partial charge in [0.1, 0.15) is 0 Å². The number of nitrogens with one attached hydrogen (secondary N) is 1. The molecule has 0 bridgehead atoms. The molecular formula is C14H26N2O2. The SMILES string of the molecule is CNC(=O)[C@@H](C)C[C@H]1CC[C@@H](C(C)C)C(=NO)C1. The van der Waals surface area contributed by atoms with Crippen LogP contribution in [0.2, 0.25) is 0 Å². The lowest BCUT2D eigenvalue weighted by atomic mass is 9.73. The van der Waals surface area contributed by atoms with Gasteiger partial charge < -0.3 is 10.5 Å². The van der Waals surface area contributed by atoms with Crippen molar-refractivity contribution in [3.05, 3.63) is 0 Å². The molecule has 1 amide bonds. The lowest BCUT2D eigenvalue weighted by Crippen LogP contribution is -2.32. The molecule has 104 valence electrons. The van der Waals surface area contributed by atoms with E-state index in [-0.39, 0.29) is 11.8 Å². The van der Waals surface area contributed by atoms with Crippen LogP contribution in [-0.2, 0) is 4.79 Å². The van der Waals surface area contributed by atoms with Gasteiger partial charge in [-0.1, -0.05) is 25.9 Å². The molecule has 4 nitrogen and oxygen atoms in total. The molecule has 4 heteroatoms. The van der Waals surface area contributed by atoms with E-state index in [0.29, 0.717) is 17.8 Å². The third-order valence-corrected chi connectivity index (χ3v) is 4.13. The molecule has 0 aromatic heterocycles. The highest BCUT2D eigenvalue weighted by atomic mass is 16.4. The van der Waals surface area contributed by atoms with Crippen molar-refractivity contribution in [2.45, 2.75) is 46.5 Å². The van der Waals surface area contributed by atoms with Crippen molar-refractivity contribution in [1.82, 2.24) is 5.32 Å². The number of carbonyl (C=O) groups excluding carboxylic acids is 1. The number of hydrogen-bond donors (Lipinski definition) is 2. The van der Waals surface area contributed by atoms with Gasteiger partial charge in [-0.2, -0.15) is 0 Å². The van der Waals surface area contributed by atoms with Crippen LogP contribution in [0.25, 0.3) is 0 Å². The van der Waals surface area contributed by atoms with E-state index >= 15 is 0 Å². The van der Waals surface area contributed by atoms with Crippen LogP contribution in [0.15, 0.2) is 5.16 Å². The molecule has 1 rings (SSSR count). The van der Waals surface area contributed by atoms with Crippen LogP contribution < -0.4 is 5.32 Å². The first-order valence-corrected chi connectivity index (χ1v) is 6.92. The Kier molecular flexibility index (Phi) is 5.63. The molecule has 1 aliphatic rings. The van der Waals surface area contributed by atoms with Crippen LogP contribution in [0.3, 0.4) is 0 Å². The maximum absolute atomic E-state index is 11.5. The maximum Gasteiger partial charge on any atom is 0.222 e. The average Bonchev–Trinajstić information content (AvgIpc) is 2.37. The van der Waals surface area contributed by atoms with Crippen LogP contribution in [0.5, 0.6) is 0 Å². The van der Waals surface area contributed by atoms with Crippen molar-refractivity contribution >= 4 is 11.6 Å². The predicted octanol–water partition coefficient (Wildman–Crippen LogP) is 2.66. The fraction of sp³-hybridized carbons (Fsp3) is 0.857. The van der Waals surface area contributed by atoms with Crippen LogP contribution in [0, 0.1) is 23.7 Å². The Hall–Kier alpha value is -1.06. The standard InChI is InChI=1S/C14H26N2O2/c1-9(2)12-6-5-11(8-13(12)16-18)7-10(3)14(17)15-4/h9-12,18H,5-8H2,1-4H3,(H,15,17)/t10-,11+,12-/m0/s1. The summed E-state index contributed by atoms with van der Waals surface area (Å²) in [5.74, 6) is 1.53. The molecule has 1 fully saturated rings. The van der Waals surface area contributed by atoms with Gasteiger partial charge in [-0.15, -0.1) is 0 Å². The molecule has 2 N–H and O–H groups in total. The number of nitrogens with zero attached hydrogens (tertiary/aromatic N) is 1. The summed E-state index contributed by atoms with van der Waals surface area (Å²) in [5, 5.41) is 15.3. The number of carbonyl (C=O) groups is 1. The van der Waals surface area contributed by atoms with Crippen molar-refractivity contribution in [3.8, 4) is 0 Å². The molecule has 0 aromatic rings. The Balaban J connectivity index is 2.56. The van der Waals surface area contributed by atoms with Gasteiger partial charge in [0.25, 0.3) is 0 Å². The topological polar surface area (TPSA) is 61.7 Å². The van der Waals surface area contributed by atoms with Crippen LogP contribution in [0.1, 0.15) is 46.5 Å². The van der Waals surface area contributed by atoms with E-state index in [1.165, 1.54) is 0 Å². The van der Waals surface area contributed by atoms with E-state index in [0.717, 1.165) is 31.4 Å². The Morgan fingerprint density at radius 1 is 1.44 bits per heavy atom. The minimum absolute atomic E-state index is 0.0375. The molecule has 0 aromatic carbocycles. The normalized spacial score (nSPS) is 28.4. The molecule has 0 unspecified atom stereocenters. The highest BCUT2D eigenvalue weighted by Gasteiger charge is 2.30. The summed E-state index contributed by atoms with van der Waals surface area (Å²) in [6.07, 6.45) is 3.91. The zero-order chi connectivity index (χ0) is 13.7. The minimum Gasteiger partial charge on any atom is -0.411 e. The van der Waals surface area contributed by atoms with E-state index in [1.807, 2.05) is 6.92 Å². The largest absolute Gasteiger partial charge is 0.411 e. The number of hydrogen-bond acceptors (Lipinski definition) is 3. The molecule has 1 saturated carbocycles. The van der Waals surface area contributed by atoms with Gasteiger partial charge in [0.2, 0.25) is 5.91 Å². The average molecular weight is 254 g/mol. The highest BCUT2D eigenvalue weighted by Crippen LogP contribution is 2.34. The summed E-state index contributed by atoms with van der Waals surface area (Å²) in [4.78, 5) is 11.5. The van der Waals surface area contributed by atoms with Gasteiger partial charge in [0.15, 0.2) is 0 Å². The fourth-order valence-corrected chi connectivity index (χ4v) is 3.02. The van der Waals surface area contributed by atoms with Gasteiger partial charge >= 0.3 is 0 Å². The van der Waals surface area contributed by atoms with Crippen LogP contribution in [0.4, 0.5) is 0 Å². The first-order valence-electron chi connectivity index (χ1n) is 6.92. The molecule has 0 saturated heterocycles. The van der Waals surface area contributed by atoms with Gasteiger partial charge in [0, 0.05) is 18.9 Å². The van der Waals surface area contributed by atoms with Gasteiger partial charge in [0.05, 0.1) is 5.71 Å². The summed E-state index contributed by atoms with van der Waals surface area (Å²) in [5.41, 5.74) is 0.922. The highest BCUT2D eigenvalue weighted by molar-refractivity contribution is 5.87. The number of oxime groups is 1. The molecule has 0 heterocycles. The maximum atomic E-state index is 11.5. The summed E-state index contributed by atoms with van der Waals surface area (Å²) in [6.45, 7) is 6.30. The van der Waals surface area contributed by atoms with Crippen LogP contribution in [-0.4, -0.2) is 23.9 Å². The lowest BCUT2D eigenvalue weighted by Gasteiger charge is -2.32. The van der Waals surface area contributed by atoms with Crippen molar-refractivity contribution in [2.75, 3.05) is 7.05 Å². The van der Waals surface area contributed by atoms with E-state index in [1.54, 1.807) is 7.05 Å². The van der Waals surface area contributed by atoms with E-state index in [9.17, 15) is 4.79 Å². The van der Waals surface area contributed by atoms with Crippen molar-refractivity contribution in [2.24, 2.45) is 28.8 Å². The zero-order valence-corrected chi connectivity index (χ0v) is 11.9. The summed E-state index contributed by atoms with van der Waals surface area (Å²) >= 11 is 0. The van der Waals surface area contributed by atoms with E-state index in [4.69, 9.17) is 5.21 Å². The lowest BCUT2D eigenvalue weighted by molar-refractivity contribution is -0.124. The Morgan fingerprint density at radius 2 is 2.11 bits per heavy atom. The minimum atomic E-state index is 0.0375. The summed E-state index contributed by atoms with van der Waals surface area (Å²) in [7, 11) is 1.68. The second-order valence-electron chi connectivity index (χ2n) is 5.84. The quantitative estimate of drug-likeness (QED) is 0.598. The Labute approximate surface area is 110 Å². The van der Waals surface area contributed by atoms with E-state index in [2.05, 4.69) is 24.3 Å². The number of rotatable bonds is 4. The Bertz CT molecular complexity index is 313. The van der Waals surface area contributed by atoms with Crippen molar-refractivity contribution < 1.29 is 10.0 Å².